The van der Waals surface area contributed by atoms with Crippen molar-refractivity contribution in [2.75, 3.05) is 0 Å². The standard InChI is InChI=1S/C11H18/c1-5-8-11(7-3)9-10(4)6-2/h5,8-9H,4,6-7H2,1-3H3. The minimum absolute atomic E-state index is 1.04. The molecule has 0 aromatic rings. The minimum Gasteiger partial charge on any atom is -0.0958 e. The van der Waals surface area contributed by atoms with Crippen LogP contribution >= 0.6 is 0 Å². The van der Waals surface area contributed by atoms with Gasteiger partial charge in [-0.25, -0.2) is 0 Å². The molecule has 0 aromatic carbocycles. The van der Waals surface area contributed by atoms with Gasteiger partial charge in [0.15, 0.2) is 0 Å². The summed E-state index contributed by atoms with van der Waals surface area (Å²) in [6.45, 7) is 10.3. The first-order valence-corrected chi connectivity index (χ1v) is 4.25. The average molecular weight is 150 g/mol. The van der Waals surface area contributed by atoms with Gasteiger partial charge in [0.2, 0.25) is 0 Å². The van der Waals surface area contributed by atoms with Crippen LogP contribution in [0.2, 0.25) is 0 Å². The lowest BCUT2D eigenvalue weighted by molar-refractivity contribution is 1.10. The fourth-order valence-corrected chi connectivity index (χ4v) is 0.846. The molecule has 0 bridgehead atoms. The summed E-state index contributed by atoms with van der Waals surface area (Å²) >= 11 is 0. The van der Waals surface area contributed by atoms with Crippen molar-refractivity contribution in [3.05, 3.63) is 36.0 Å². The predicted octanol–water partition coefficient (Wildman–Crippen LogP) is 3.87. The zero-order chi connectivity index (χ0) is 8.69. The highest BCUT2D eigenvalue weighted by atomic mass is 13.9. The molecule has 0 saturated carbocycles. The van der Waals surface area contributed by atoms with E-state index >= 15 is 0 Å². The number of hydrogen-bond donors (Lipinski definition) is 0. The Kier molecular flexibility index (Phi) is 5.54. The average Bonchev–Trinajstić information content (AvgIpc) is 2.03. The monoisotopic (exact) mass is 150 g/mol. The van der Waals surface area contributed by atoms with Crippen LogP contribution in [0.1, 0.15) is 33.6 Å². The molecule has 0 N–H and O–H groups in total. The van der Waals surface area contributed by atoms with Crippen molar-refractivity contribution >= 4 is 0 Å². The maximum absolute atomic E-state index is 3.93. The second-order valence-corrected chi connectivity index (χ2v) is 2.58. The largest absolute Gasteiger partial charge is 0.0958 e. The van der Waals surface area contributed by atoms with Gasteiger partial charge in [0.05, 0.1) is 0 Å². The van der Waals surface area contributed by atoms with Crippen molar-refractivity contribution in [2.45, 2.75) is 33.6 Å². The van der Waals surface area contributed by atoms with Crippen molar-refractivity contribution in [3.63, 3.8) is 0 Å². The first kappa shape index (κ1) is 10.2. The molecule has 0 amide bonds. The molecule has 0 spiro atoms. The number of rotatable bonds is 4. The van der Waals surface area contributed by atoms with E-state index in [-0.39, 0.29) is 0 Å². The van der Waals surface area contributed by atoms with E-state index in [1.165, 1.54) is 11.1 Å². The van der Waals surface area contributed by atoms with Gasteiger partial charge in [0.25, 0.3) is 0 Å². The third-order valence-electron chi connectivity index (χ3n) is 1.63. The topological polar surface area (TPSA) is 0 Å². The quantitative estimate of drug-likeness (QED) is 0.534. The van der Waals surface area contributed by atoms with Crippen molar-refractivity contribution < 1.29 is 0 Å². The van der Waals surface area contributed by atoms with Crippen LogP contribution in [0.4, 0.5) is 0 Å². The Labute approximate surface area is 70.3 Å². The summed E-state index contributed by atoms with van der Waals surface area (Å²) in [6, 6.07) is 0. The molecule has 0 rings (SSSR count). The van der Waals surface area contributed by atoms with Crippen molar-refractivity contribution in [1.29, 1.82) is 0 Å². The predicted molar refractivity (Wildman–Crippen MR) is 52.6 cm³/mol. The Morgan fingerprint density at radius 1 is 1.27 bits per heavy atom. The van der Waals surface area contributed by atoms with Crippen LogP contribution in [-0.4, -0.2) is 0 Å². The lowest BCUT2D eigenvalue weighted by Gasteiger charge is -1.97. The first-order chi connectivity index (χ1) is 5.24. The fourth-order valence-electron chi connectivity index (χ4n) is 0.846. The van der Waals surface area contributed by atoms with Crippen LogP contribution in [-0.2, 0) is 0 Å². The molecule has 0 aromatic heterocycles. The van der Waals surface area contributed by atoms with Crippen LogP contribution in [0, 0.1) is 0 Å². The van der Waals surface area contributed by atoms with E-state index in [4.69, 9.17) is 0 Å². The summed E-state index contributed by atoms with van der Waals surface area (Å²) < 4.78 is 0. The Morgan fingerprint density at radius 2 is 1.91 bits per heavy atom. The smallest absolute Gasteiger partial charge is 0.0307 e. The maximum atomic E-state index is 3.93. The third-order valence-corrected chi connectivity index (χ3v) is 1.63. The van der Waals surface area contributed by atoms with Gasteiger partial charge in [-0.2, -0.15) is 0 Å². The van der Waals surface area contributed by atoms with Crippen LogP contribution < -0.4 is 0 Å². The van der Waals surface area contributed by atoms with E-state index in [1.807, 2.05) is 6.92 Å². The van der Waals surface area contributed by atoms with Gasteiger partial charge < -0.3 is 0 Å². The molecule has 0 heteroatoms. The number of hydrogen-bond acceptors (Lipinski definition) is 0. The van der Waals surface area contributed by atoms with Gasteiger partial charge >= 0.3 is 0 Å². The molecule has 62 valence electrons. The maximum Gasteiger partial charge on any atom is -0.0307 e. The highest BCUT2D eigenvalue weighted by Gasteiger charge is 1.88. The summed E-state index contributed by atoms with van der Waals surface area (Å²) in [6.07, 6.45) is 8.50. The van der Waals surface area contributed by atoms with Crippen molar-refractivity contribution in [2.24, 2.45) is 0 Å². The van der Waals surface area contributed by atoms with Gasteiger partial charge in [-0.3, -0.25) is 0 Å². The molecule has 0 aliphatic rings. The highest BCUT2D eigenvalue weighted by molar-refractivity contribution is 5.27. The normalized spacial score (nSPS) is 12.5. The first-order valence-electron chi connectivity index (χ1n) is 4.25. The molecule has 0 atom stereocenters. The van der Waals surface area contributed by atoms with Gasteiger partial charge in [-0.05, 0) is 25.3 Å². The summed E-state index contributed by atoms with van der Waals surface area (Å²) in [5.41, 5.74) is 2.57. The third kappa shape index (κ3) is 4.60. The number of allylic oxidation sites excluding steroid dienone is 5. The lowest BCUT2D eigenvalue weighted by atomic mass is 10.1. The van der Waals surface area contributed by atoms with Crippen LogP contribution in [0.15, 0.2) is 36.0 Å². The molecule has 0 radical (unpaired) electrons. The molecule has 11 heavy (non-hydrogen) atoms. The molecular formula is C11H18. The van der Waals surface area contributed by atoms with Crippen molar-refractivity contribution in [3.8, 4) is 0 Å². The minimum atomic E-state index is 1.04. The van der Waals surface area contributed by atoms with Crippen molar-refractivity contribution in [1.82, 2.24) is 0 Å². The second-order valence-electron chi connectivity index (χ2n) is 2.58. The van der Waals surface area contributed by atoms with E-state index in [0.717, 1.165) is 12.8 Å². The molecule has 0 aliphatic carbocycles. The Bertz CT molecular complexity index is 170. The summed E-state index contributed by atoms with van der Waals surface area (Å²) in [5.74, 6) is 0. The summed E-state index contributed by atoms with van der Waals surface area (Å²) in [7, 11) is 0. The zero-order valence-electron chi connectivity index (χ0n) is 7.85. The molecule has 0 unspecified atom stereocenters. The van der Waals surface area contributed by atoms with E-state index in [9.17, 15) is 0 Å². The lowest BCUT2D eigenvalue weighted by Crippen LogP contribution is -1.77. The van der Waals surface area contributed by atoms with Crippen LogP contribution in [0.25, 0.3) is 0 Å². The van der Waals surface area contributed by atoms with Crippen LogP contribution in [0.5, 0.6) is 0 Å². The molecule has 0 nitrogen and oxygen atoms in total. The van der Waals surface area contributed by atoms with Gasteiger partial charge in [-0.1, -0.05) is 44.2 Å². The second kappa shape index (κ2) is 5.96. The molecule has 0 saturated heterocycles. The highest BCUT2D eigenvalue weighted by Crippen LogP contribution is 2.08. The van der Waals surface area contributed by atoms with E-state index in [2.05, 4.69) is 38.7 Å². The van der Waals surface area contributed by atoms with E-state index in [1.54, 1.807) is 0 Å². The zero-order valence-corrected chi connectivity index (χ0v) is 7.85. The van der Waals surface area contributed by atoms with Gasteiger partial charge in [0, 0.05) is 0 Å². The molecule has 0 aliphatic heterocycles. The molecular weight excluding hydrogens is 132 g/mol. The Morgan fingerprint density at radius 3 is 2.27 bits per heavy atom. The fraction of sp³-hybridized carbons (Fsp3) is 0.455. The van der Waals surface area contributed by atoms with Crippen LogP contribution in [0.3, 0.4) is 0 Å². The SMILES string of the molecule is C=C(C=C(C=CC)CC)CC. The van der Waals surface area contributed by atoms with Gasteiger partial charge in [0.1, 0.15) is 0 Å². The van der Waals surface area contributed by atoms with E-state index in [0.29, 0.717) is 0 Å². The Hall–Kier alpha value is -0.780. The molecule has 0 heterocycles. The summed E-state index contributed by atoms with van der Waals surface area (Å²) in [5, 5.41) is 0. The van der Waals surface area contributed by atoms with E-state index < -0.39 is 0 Å². The van der Waals surface area contributed by atoms with Gasteiger partial charge in [-0.15, -0.1) is 0 Å². The Balaban J connectivity index is 4.22. The summed E-state index contributed by atoms with van der Waals surface area (Å²) in [4.78, 5) is 0. The molecule has 0 fully saturated rings.